The lowest BCUT2D eigenvalue weighted by molar-refractivity contribution is 0.0548. The van der Waals surface area contributed by atoms with Gasteiger partial charge in [0, 0.05) is 18.8 Å². The van der Waals surface area contributed by atoms with Gasteiger partial charge in [-0.1, -0.05) is 54.1 Å². The number of carbonyl (C=O) groups excluding carboxylic acids is 1. The van der Waals surface area contributed by atoms with E-state index in [0.717, 1.165) is 44.7 Å². The van der Waals surface area contributed by atoms with Crippen LogP contribution in [-0.4, -0.2) is 43.3 Å². The molecule has 0 saturated carbocycles. The number of nitrogens with one attached hydrogen (secondary N) is 1. The Morgan fingerprint density at radius 3 is 2.53 bits per heavy atom. The molecule has 4 rings (SSSR count). The summed E-state index contributed by atoms with van der Waals surface area (Å²) in [5.74, 6) is -0.316. The van der Waals surface area contributed by atoms with E-state index in [-0.39, 0.29) is 5.91 Å². The van der Waals surface area contributed by atoms with Crippen LogP contribution in [0.4, 0.5) is 0 Å². The molecule has 2 aromatic rings. The fourth-order valence-corrected chi connectivity index (χ4v) is 4.02. The van der Waals surface area contributed by atoms with Crippen molar-refractivity contribution in [1.29, 1.82) is 0 Å². The molecule has 5 nitrogen and oxygen atoms in total. The average molecular weight is 422 g/mol. The lowest BCUT2D eigenvalue weighted by atomic mass is 10.1. The lowest BCUT2D eigenvalue weighted by Gasteiger charge is -2.31. The van der Waals surface area contributed by atoms with Crippen LogP contribution in [-0.2, 0) is 4.74 Å². The third kappa shape index (κ3) is 4.81. The average Bonchev–Trinajstić information content (AvgIpc) is 3.17. The highest BCUT2D eigenvalue weighted by Crippen LogP contribution is 2.35. The van der Waals surface area contributed by atoms with Crippen molar-refractivity contribution >= 4 is 29.8 Å². The van der Waals surface area contributed by atoms with Gasteiger partial charge < -0.3 is 9.64 Å². The van der Waals surface area contributed by atoms with Crippen LogP contribution in [0.25, 0.3) is 6.08 Å². The van der Waals surface area contributed by atoms with Gasteiger partial charge in [-0.2, -0.15) is 5.10 Å². The predicted molar refractivity (Wildman–Crippen MR) is 120 cm³/mol. The summed E-state index contributed by atoms with van der Waals surface area (Å²) in [6, 6.07) is 17.3. The number of morpholine rings is 1. The van der Waals surface area contributed by atoms with E-state index in [2.05, 4.69) is 33.6 Å². The SMILES string of the molecule is O=C(N/N=C\C1=C(N2CCOCC2)C(=C\c2ccccc2)/CC1)c1ccccc1Cl. The Labute approximate surface area is 181 Å². The number of carbonyl (C=O) groups is 1. The molecular weight excluding hydrogens is 398 g/mol. The Balaban J connectivity index is 1.57. The molecule has 0 spiro atoms. The Bertz CT molecular complexity index is 993. The van der Waals surface area contributed by atoms with Gasteiger partial charge in [0.05, 0.1) is 30.0 Å². The van der Waals surface area contributed by atoms with Crippen LogP contribution < -0.4 is 5.43 Å². The van der Waals surface area contributed by atoms with Gasteiger partial charge >= 0.3 is 0 Å². The summed E-state index contributed by atoms with van der Waals surface area (Å²) in [6.45, 7) is 3.14. The molecule has 0 radical (unpaired) electrons. The molecule has 1 aliphatic carbocycles. The number of nitrogens with zero attached hydrogens (tertiary/aromatic N) is 2. The van der Waals surface area contributed by atoms with Crippen molar-refractivity contribution in [2.45, 2.75) is 12.8 Å². The molecule has 0 bridgehead atoms. The summed E-state index contributed by atoms with van der Waals surface area (Å²) in [7, 11) is 0. The van der Waals surface area contributed by atoms with Crippen molar-refractivity contribution in [3.05, 3.63) is 87.6 Å². The Hall–Kier alpha value is -2.89. The van der Waals surface area contributed by atoms with Crippen molar-refractivity contribution in [2.24, 2.45) is 5.10 Å². The molecule has 1 heterocycles. The maximum atomic E-state index is 12.4. The van der Waals surface area contributed by atoms with E-state index in [1.165, 1.54) is 16.8 Å². The second kappa shape index (κ2) is 9.74. The van der Waals surface area contributed by atoms with Gasteiger partial charge in [0.15, 0.2) is 0 Å². The maximum absolute atomic E-state index is 12.4. The molecule has 154 valence electrons. The maximum Gasteiger partial charge on any atom is 0.272 e. The van der Waals surface area contributed by atoms with Crippen LogP contribution in [0.2, 0.25) is 5.02 Å². The molecular formula is C24H24ClN3O2. The largest absolute Gasteiger partial charge is 0.378 e. The van der Waals surface area contributed by atoms with Crippen LogP contribution in [0.5, 0.6) is 0 Å². The zero-order chi connectivity index (χ0) is 20.8. The first kappa shape index (κ1) is 20.4. The van der Waals surface area contributed by atoms with Gasteiger partial charge in [-0.3, -0.25) is 4.79 Å². The van der Waals surface area contributed by atoms with Gasteiger partial charge in [-0.25, -0.2) is 5.43 Å². The number of benzene rings is 2. The molecule has 0 unspecified atom stereocenters. The molecule has 30 heavy (non-hydrogen) atoms. The van der Waals surface area contributed by atoms with Crippen molar-refractivity contribution in [1.82, 2.24) is 10.3 Å². The number of ether oxygens (including phenoxy) is 1. The number of hydrazone groups is 1. The summed E-state index contributed by atoms with van der Waals surface area (Å²) < 4.78 is 5.53. The lowest BCUT2D eigenvalue weighted by Crippen LogP contribution is -2.36. The highest BCUT2D eigenvalue weighted by atomic mass is 35.5. The molecule has 1 amide bonds. The monoisotopic (exact) mass is 421 g/mol. The third-order valence-corrected chi connectivity index (χ3v) is 5.57. The minimum atomic E-state index is -0.316. The highest BCUT2D eigenvalue weighted by Gasteiger charge is 2.25. The van der Waals surface area contributed by atoms with Crippen LogP contribution in [0.15, 0.2) is 76.5 Å². The first-order valence-corrected chi connectivity index (χ1v) is 10.5. The second-order valence-electron chi connectivity index (χ2n) is 7.23. The van der Waals surface area contributed by atoms with Crippen molar-refractivity contribution in [3.8, 4) is 0 Å². The van der Waals surface area contributed by atoms with E-state index >= 15 is 0 Å². The van der Waals surface area contributed by atoms with E-state index in [4.69, 9.17) is 16.3 Å². The molecule has 1 aliphatic heterocycles. The number of amides is 1. The highest BCUT2D eigenvalue weighted by molar-refractivity contribution is 6.33. The second-order valence-corrected chi connectivity index (χ2v) is 7.64. The standard InChI is InChI=1S/C24H24ClN3O2/c25-22-9-5-4-8-21(22)24(29)27-26-17-20-11-10-19(16-18-6-2-1-3-7-18)23(20)28-12-14-30-15-13-28/h1-9,16-17H,10-15H2,(H,27,29)/b19-16-,26-17-. The molecule has 1 fully saturated rings. The summed E-state index contributed by atoms with van der Waals surface area (Å²) in [6.07, 6.45) is 5.84. The number of allylic oxidation sites excluding steroid dienone is 2. The fraction of sp³-hybridized carbons (Fsp3) is 0.250. The van der Waals surface area contributed by atoms with Crippen LogP contribution in [0.3, 0.4) is 0 Å². The van der Waals surface area contributed by atoms with Gasteiger partial charge in [0.1, 0.15) is 0 Å². The Kier molecular flexibility index (Phi) is 6.62. The van der Waals surface area contributed by atoms with Gasteiger partial charge in [0.2, 0.25) is 0 Å². The summed E-state index contributed by atoms with van der Waals surface area (Å²) >= 11 is 6.10. The van der Waals surface area contributed by atoms with Gasteiger partial charge in [-0.15, -0.1) is 0 Å². The number of hydrogen-bond donors (Lipinski definition) is 1. The molecule has 0 atom stereocenters. The Morgan fingerprint density at radius 1 is 1.03 bits per heavy atom. The number of hydrogen-bond acceptors (Lipinski definition) is 4. The van der Waals surface area contributed by atoms with Gasteiger partial charge in [-0.05, 0) is 47.8 Å². The van der Waals surface area contributed by atoms with E-state index in [1.54, 1.807) is 30.5 Å². The topological polar surface area (TPSA) is 53.9 Å². The summed E-state index contributed by atoms with van der Waals surface area (Å²) in [5.41, 5.74) is 7.82. The molecule has 6 heteroatoms. The zero-order valence-corrected chi connectivity index (χ0v) is 17.4. The third-order valence-electron chi connectivity index (χ3n) is 5.24. The quantitative estimate of drug-likeness (QED) is 0.570. The number of halogens is 1. The van der Waals surface area contributed by atoms with Crippen LogP contribution in [0.1, 0.15) is 28.8 Å². The van der Waals surface area contributed by atoms with E-state index in [0.29, 0.717) is 10.6 Å². The van der Waals surface area contributed by atoms with Crippen LogP contribution >= 0.6 is 11.6 Å². The molecule has 2 aromatic carbocycles. The fourth-order valence-electron chi connectivity index (χ4n) is 3.80. The van der Waals surface area contributed by atoms with E-state index < -0.39 is 0 Å². The first-order chi connectivity index (χ1) is 14.7. The van der Waals surface area contributed by atoms with E-state index in [1.807, 2.05) is 18.2 Å². The number of rotatable bonds is 5. The van der Waals surface area contributed by atoms with Gasteiger partial charge in [0.25, 0.3) is 5.91 Å². The summed E-state index contributed by atoms with van der Waals surface area (Å²) in [4.78, 5) is 14.7. The molecule has 2 aliphatic rings. The van der Waals surface area contributed by atoms with Crippen molar-refractivity contribution in [2.75, 3.05) is 26.3 Å². The van der Waals surface area contributed by atoms with E-state index in [9.17, 15) is 4.79 Å². The Morgan fingerprint density at radius 2 is 1.77 bits per heavy atom. The summed E-state index contributed by atoms with van der Waals surface area (Å²) in [5, 5.41) is 4.64. The normalized spacial score (nSPS) is 18.4. The molecule has 0 aromatic heterocycles. The predicted octanol–water partition coefficient (Wildman–Crippen LogP) is 4.52. The smallest absolute Gasteiger partial charge is 0.272 e. The molecule has 1 N–H and O–H groups in total. The van der Waals surface area contributed by atoms with Crippen LogP contribution in [0, 0.1) is 0 Å². The molecule has 1 saturated heterocycles. The zero-order valence-electron chi connectivity index (χ0n) is 16.7. The van der Waals surface area contributed by atoms with Crippen molar-refractivity contribution < 1.29 is 9.53 Å². The minimum Gasteiger partial charge on any atom is -0.378 e. The van der Waals surface area contributed by atoms with Crippen molar-refractivity contribution in [3.63, 3.8) is 0 Å². The first-order valence-electron chi connectivity index (χ1n) is 10.1. The minimum absolute atomic E-state index is 0.316.